The Bertz CT molecular complexity index is 623. The normalized spacial score (nSPS) is 10.4. The Labute approximate surface area is 127 Å². The lowest BCUT2D eigenvalue weighted by Crippen LogP contribution is -2.31. The van der Waals surface area contributed by atoms with Crippen molar-refractivity contribution in [2.75, 3.05) is 18.0 Å². The molecule has 2 aromatic rings. The fraction of sp³-hybridized carbons (Fsp3) is 0.286. The minimum absolute atomic E-state index is 0.113. The van der Waals surface area contributed by atoms with Crippen LogP contribution in [0.5, 0.6) is 0 Å². The van der Waals surface area contributed by atoms with Crippen molar-refractivity contribution in [2.45, 2.75) is 12.8 Å². The van der Waals surface area contributed by atoms with E-state index < -0.39 is 11.8 Å². The SMILES string of the molecule is NC(=O)CCN(CCC(N)=O)c1nnc(-c2ccccc2)o1. The van der Waals surface area contributed by atoms with Gasteiger partial charge in [0.15, 0.2) is 0 Å². The molecule has 0 aliphatic rings. The number of carbonyl (C=O) groups is 2. The number of hydrogen-bond donors (Lipinski definition) is 2. The van der Waals surface area contributed by atoms with Crippen LogP contribution in [0.3, 0.4) is 0 Å². The molecule has 0 saturated carbocycles. The summed E-state index contributed by atoms with van der Waals surface area (Å²) in [5.74, 6) is -0.544. The molecule has 0 bridgehead atoms. The average Bonchev–Trinajstić information content (AvgIpc) is 2.97. The first-order valence-electron chi connectivity index (χ1n) is 6.76. The Morgan fingerprint density at radius 2 is 1.59 bits per heavy atom. The van der Waals surface area contributed by atoms with Crippen LogP contribution in [-0.4, -0.2) is 35.1 Å². The van der Waals surface area contributed by atoms with Crippen LogP contribution in [0.1, 0.15) is 12.8 Å². The maximum Gasteiger partial charge on any atom is 0.318 e. The third-order valence-corrected chi connectivity index (χ3v) is 2.96. The monoisotopic (exact) mass is 303 g/mol. The first-order chi connectivity index (χ1) is 10.6. The van der Waals surface area contributed by atoms with Gasteiger partial charge in [-0.25, -0.2) is 0 Å². The minimum atomic E-state index is -0.452. The van der Waals surface area contributed by atoms with Gasteiger partial charge in [0.05, 0.1) is 0 Å². The predicted molar refractivity (Wildman–Crippen MR) is 79.6 cm³/mol. The van der Waals surface area contributed by atoms with Crippen molar-refractivity contribution in [3.8, 4) is 11.5 Å². The van der Waals surface area contributed by atoms with E-state index in [-0.39, 0.29) is 31.9 Å². The maximum absolute atomic E-state index is 10.9. The molecule has 0 spiro atoms. The molecule has 2 rings (SSSR count). The number of nitrogens with zero attached hydrogens (tertiary/aromatic N) is 3. The highest BCUT2D eigenvalue weighted by atomic mass is 16.4. The van der Waals surface area contributed by atoms with Crippen LogP contribution in [0.2, 0.25) is 0 Å². The summed E-state index contributed by atoms with van der Waals surface area (Å²) in [5, 5.41) is 7.92. The molecule has 0 radical (unpaired) electrons. The van der Waals surface area contributed by atoms with Gasteiger partial charge in [0, 0.05) is 31.5 Å². The first-order valence-corrected chi connectivity index (χ1v) is 6.76. The molecule has 1 aromatic carbocycles. The number of amides is 2. The van der Waals surface area contributed by atoms with E-state index >= 15 is 0 Å². The summed E-state index contributed by atoms with van der Waals surface area (Å²) in [6, 6.07) is 9.51. The Morgan fingerprint density at radius 3 is 2.14 bits per heavy atom. The van der Waals surface area contributed by atoms with Crippen LogP contribution in [0.15, 0.2) is 34.7 Å². The lowest BCUT2D eigenvalue weighted by atomic mass is 10.2. The predicted octanol–water partition coefficient (Wildman–Crippen LogP) is 0.294. The van der Waals surface area contributed by atoms with E-state index in [1.165, 1.54) is 0 Å². The maximum atomic E-state index is 10.9. The first kappa shape index (κ1) is 15.5. The smallest absolute Gasteiger partial charge is 0.318 e. The molecule has 0 unspecified atom stereocenters. The Balaban J connectivity index is 2.14. The fourth-order valence-electron chi connectivity index (χ4n) is 1.83. The van der Waals surface area contributed by atoms with Crippen LogP contribution in [0.4, 0.5) is 6.01 Å². The summed E-state index contributed by atoms with van der Waals surface area (Å²) >= 11 is 0. The highest BCUT2D eigenvalue weighted by Crippen LogP contribution is 2.21. The average molecular weight is 303 g/mol. The molecule has 0 saturated heterocycles. The zero-order valence-corrected chi connectivity index (χ0v) is 11.9. The van der Waals surface area contributed by atoms with E-state index in [2.05, 4.69) is 10.2 Å². The molecule has 8 nitrogen and oxygen atoms in total. The van der Waals surface area contributed by atoms with Crippen LogP contribution in [0.25, 0.3) is 11.5 Å². The van der Waals surface area contributed by atoms with Crippen LogP contribution in [-0.2, 0) is 9.59 Å². The second-order valence-corrected chi connectivity index (χ2v) is 4.68. The van der Waals surface area contributed by atoms with Gasteiger partial charge >= 0.3 is 6.01 Å². The molecule has 2 amide bonds. The number of nitrogens with two attached hydrogens (primary N) is 2. The number of hydrogen-bond acceptors (Lipinski definition) is 6. The molecule has 1 heterocycles. The summed E-state index contributed by atoms with van der Waals surface area (Å²) in [5.41, 5.74) is 11.1. The number of benzene rings is 1. The van der Waals surface area contributed by atoms with Gasteiger partial charge in [-0.3, -0.25) is 9.59 Å². The Hall–Kier alpha value is -2.90. The number of rotatable bonds is 8. The third kappa shape index (κ3) is 4.30. The van der Waals surface area contributed by atoms with Crippen molar-refractivity contribution in [3.05, 3.63) is 30.3 Å². The largest absolute Gasteiger partial charge is 0.403 e. The van der Waals surface area contributed by atoms with Gasteiger partial charge in [0.2, 0.25) is 17.7 Å². The van der Waals surface area contributed by atoms with Crippen molar-refractivity contribution in [1.29, 1.82) is 0 Å². The number of anilines is 1. The second-order valence-electron chi connectivity index (χ2n) is 4.68. The zero-order valence-electron chi connectivity index (χ0n) is 11.9. The minimum Gasteiger partial charge on any atom is -0.403 e. The van der Waals surface area contributed by atoms with Crippen molar-refractivity contribution in [2.24, 2.45) is 11.5 Å². The van der Waals surface area contributed by atoms with E-state index in [0.717, 1.165) is 5.56 Å². The summed E-state index contributed by atoms with van der Waals surface area (Å²) in [6.45, 7) is 0.554. The number of aromatic nitrogens is 2. The van der Waals surface area contributed by atoms with Crippen LogP contribution < -0.4 is 16.4 Å². The molecule has 0 aliphatic heterocycles. The van der Waals surface area contributed by atoms with Crippen LogP contribution in [0, 0.1) is 0 Å². The molecule has 22 heavy (non-hydrogen) atoms. The quantitative estimate of drug-likeness (QED) is 0.721. The van der Waals surface area contributed by atoms with E-state index in [4.69, 9.17) is 15.9 Å². The zero-order chi connectivity index (χ0) is 15.9. The molecule has 4 N–H and O–H groups in total. The molecule has 116 valence electrons. The van der Waals surface area contributed by atoms with Crippen molar-refractivity contribution >= 4 is 17.8 Å². The van der Waals surface area contributed by atoms with Gasteiger partial charge in [-0.15, -0.1) is 5.10 Å². The van der Waals surface area contributed by atoms with Crippen molar-refractivity contribution in [3.63, 3.8) is 0 Å². The highest BCUT2D eigenvalue weighted by Gasteiger charge is 2.16. The van der Waals surface area contributed by atoms with Crippen LogP contribution >= 0.6 is 0 Å². The summed E-state index contributed by atoms with van der Waals surface area (Å²) < 4.78 is 5.60. The Morgan fingerprint density at radius 1 is 1.00 bits per heavy atom. The van der Waals surface area contributed by atoms with Crippen molar-refractivity contribution in [1.82, 2.24) is 10.2 Å². The van der Waals surface area contributed by atoms with Gasteiger partial charge in [0.1, 0.15) is 0 Å². The third-order valence-electron chi connectivity index (χ3n) is 2.96. The van der Waals surface area contributed by atoms with Crippen molar-refractivity contribution < 1.29 is 14.0 Å². The molecule has 0 fully saturated rings. The van der Waals surface area contributed by atoms with E-state index in [1.54, 1.807) is 4.90 Å². The fourth-order valence-corrected chi connectivity index (χ4v) is 1.83. The second kappa shape index (κ2) is 7.21. The van der Waals surface area contributed by atoms with Gasteiger partial charge in [-0.1, -0.05) is 23.3 Å². The molecular weight excluding hydrogens is 286 g/mol. The van der Waals surface area contributed by atoms with Gasteiger partial charge < -0.3 is 20.8 Å². The number of primary amides is 2. The summed E-state index contributed by atoms with van der Waals surface area (Å²) in [7, 11) is 0. The molecule has 0 aliphatic carbocycles. The summed E-state index contributed by atoms with van der Waals surface area (Å²) in [4.78, 5) is 23.5. The topological polar surface area (TPSA) is 128 Å². The highest BCUT2D eigenvalue weighted by molar-refractivity contribution is 5.75. The van der Waals surface area contributed by atoms with Gasteiger partial charge in [-0.05, 0) is 12.1 Å². The molecular formula is C14H17N5O3. The lowest BCUT2D eigenvalue weighted by Gasteiger charge is -2.18. The van der Waals surface area contributed by atoms with Gasteiger partial charge in [0.25, 0.3) is 0 Å². The molecule has 1 aromatic heterocycles. The Kier molecular flexibility index (Phi) is 5.07. The van der Waals surface area contributed by atoms with E-state index in [0.29, 0.717) is 5.89 Å². The lowest BCUT2D eigenvalue weighted by molar-refractivity contribution is -0.118. The molecule has 8 heteroatoms. The van der Waals surface area contributed by atoms with Gasteiger partial charge in [-0.2, -0.15) is 0 Å². The number of carbonyl (C=O) groups excluding carboxylic acids is 2. The van der Waals surface area contributed by atoms with E-state index in [9.17, 15) is 9.59 Å². The summed E-state index contributed by atoms with van der Waals surface area (Å²) in [6.07, 6.45) is 0.226. The molecule has 0 atom stereocenters. The van der Waals surface area contributed by atoms with E-state index in [1.807, 2.05) is 30.3 Å². The standard InChI is InChI=1S/C14H17N5O3/c15-11(20)6-8-19(9-7-12(16)21)14-18-17-13(22-14)10-4-2-1-3-5-10/h1-5H,6-9H2,(H2,15,20)(H2,16,21).